The number of hydrogen-bond acceptors (Lipinski definition) is 5. The topological polar surface area (TPSA) is 107 Å². The molecule has 1 aromatic carbocycles. The summed E-state index contributed by atoms with van der Waals surface area (Å²) in [6.07, 6.45) is 3.02. The molecule has 0 spiro atoms. The highest BCUT2D eigenvalue weighted by Crippen LogP contribution is 2.39. The molecular weight excluding hydrogens is 447 g/mol. The van der Waals surface area contributed by atoms with E-state index in [0.717, 1.165) is 0 Å². The monoisotopic (exact) mass is 470 g/mol. The zero-order chi connectivity index (χ0) is 23.3. The number of imidazole rings is 1. The molecule has 33 heavy (non-hydrogen) atoms. The van der Waals surface area contributed by atoms with Crippen LogP contribution in [0.3, 0.4) is 0 Å². The predicted octanol–water partition coefficient (Wildman–Crippen LogP) is 3.96. The van der Waals surface area contributed by atoms with Gasteiger partial charge in [-0.05, 0) is 44.9 Å². The molecule has 0 bridgehead atoms. The summed E-state index contributed by atoms with van der Waals surface area (Å²) < 4.78 is 20.7. The predicted molar refractivity (Wildman–Crippen MR) is 122 cm³/mol. The van der Waals surface area contributed by atoms with Gasteiger partial charge < -0.3 is 15.0 Å². The van der Waals surface area contributed by atoms with E-state index in [1.54, 1.807) is 25.3 Å². The molecule has 0 saturated carbocycles. The van der Waals surface area contributed by atoms with E-state index in [4.69, 9.17) is 21.7 Å². The molecule has 2 aliphatic rings. The molecule has 3 atom stereocenters. The highest BCUT2D eigenvalue weighted by molar-refractivity contribution is 6.36. The van der Waals surface area contributed by atoms with Crippen LogP contribution in [0.25, 0.3) is 22.6 Å². The van der Waals surface area contributed by atoms with Crippen molar-refractivity contribution in [2.75, 3.05) is 6.61 Å². The molecule has 3 N–H and O–H groups in total. The number of halogens is 2. The molecule has 2 aromatic heterocycles. The van der Waals surface area contributed by atoms with E-state index >= 15 is 4.39 Å². The maximum absolute atomic E-state index is 15.1. The van der Waals surface area contributed by atoms with Gasteiger partial charge in [0.2, 0.25) is 5.91 Å². The second-order valence-electron chi connectivity index (χ2n) is 8.85. The highest BCUT2D eigenvalue weighted by atomic mass is 35.5. The molecule has 0 radical (unpaired) electrons. The maximum atomic E-state index is 15.1. The fraction of sp³-hybridized carbons (Fsp3) is 0.391. The Hall–Kier alpha value is -3.04. The van der Waals surface area contributed by atoms with Crippen LogP contribution in [-0.4, -0.2) is 50.5 Å². The van der Waals surface area contributed by atoms with E-state index in [2.05, 4.69) is 20.3 Å². The van der Waals surface area contributed by atoms with E-state index in [1.807, 2.05) is 13.0 Å². The third-order valence-electron chi connectivity index (χ3n) is 6.39. The molecular formula is C23H24ClFN6O2. The Kier molecular flexibility index (Phi) is 5.33. The first-order chi connectivity index (χ1) is 15.8. The summed E-state index contributed by atoms with van der Waals surface area (Å²) in [5, 5.41) is 12.0. The van der Waals surface area contributed by atoms with E-state index < -0.39 is 11.4 Å². The van der Waals surface area contributed by atoms with Crippen molar-refractivity contribution in [1.82, 2.24) is 25.2 Å². The molecule has 3 aromatic rings. The van der Waals surface area contributed by atoms with Gasteiger partial charge in [-0.25, -0.2) is 9.37 Å². The Labute approximate surface area is 195 Å². The second kappa shape index (κ2) is 8.07. The van der Waals surface area contributed by atoms with Crippen LogP contribution in [0, 0.1) is 11.2 Å². The molecule has 0 aliphatic carbocycles. The first-order valence-corrected chi connectivity index (χ1v) is 11.2. The summed E-state index contributed by atoms with van der Waals surface area (Å²) in [6, 6.07) is 6.56. The van der Waals surface area contributed by atoms with Crippen LogP contribution < -0.4 is 5.32 Å². The number of H-pyrrole nitrogens is 1. The summed E-state index contributed by atoms with van der Waals surface area (Å²) >= 11 is 6.73. The van der Waals surface area contributed by atoms with Crippen LogP contribution in [0.2, 0.25) is 5.02 Å². The van der Waals surface area contributed by atoms with E-state index in [-0.39, 0.29) is 41.0 Å². The normalized spacial score (nSPS) is 26.0. The van der Waals surface area contributed by atoms with Crippen molar-refractivity contribution in [3.63, 3.8) is 0 Å². The number of fused-ring (bicyclic) bond motifs is 1. The number of benzene rings is 1. The lowest BCUT2D eigenvalue weighted by atomic mass is 9.85. The molecule has 0 unspecified atom stereocenters. The van der Waals surface area contributed by atoms with Crippen molar-refractivity contribution >= 4 is 34.5 Å². The minimum Gasteiger partial charge on any atom is -0.378 e. The van der Waals surface area contributed by atoms with Crippen LogP contribution in [0.1, 0.15) is 38.7 Å². The zero-order valence-electron chi connectivity index (χ0n) is 18.3. The van der Waals surface area contributed by atoms with E-state index in [0.29, 0.717) is 42.0 Å². The number of aromatic amines is 1. The van der Waals surface area contributed by atoms with Gasteiger partial charge in [-0.1, -0.05) is 17.7 Å². The third kappa shape index (κ3) is 3.75. The SMILES string of the molecule is C[C@H]1C[C@@H](N2C(=N)N[C@](C)(c3cc(F)c4nc(-c5ccccn5)[nH]c4c3Cl)CC2=O)CCO1. The molecule has 2 aliphatic heterocycles. The van der Waals surface area contributed by atoms with Gasteiger partial charge >= 0.3 is 0 Å². The maximum Gasteiger partial charge on any atom is 0.232 e. The van der Waals surface area contributed by atoms with Crippen LogP contribution in [0.15, 0.2) is 30.5 Å². The number of guanidine groups is 1. The van der Waals surface area contributed by atoms with Crippen molar-refractivity contribution in [2.45, 2.75) is 50.8 Å². The Morgan fingerprint density at radius 3 is 2.91 bits per heavy atom. The van der Waals surface area contributed by atoms with Crippen molar-refractivity contribution in [2.24, 2.45) is 0 Å². The number of carbonyl (C=O) groups excluding carboxylic acids is 1. The minimum absolute atomic E-state index is 0.0109. The fourth-order valence-corrected chi connectivity index (χ4v) is 5.16. The van der Waals surface area contributed by atoms with E-state index in [9.17, 15) is 4.79 Å². The lowest BCUT2D eigenvalue weighted by Gasteiger charge is -2.45. The number of carbonyl (C=O) groups is 1. The van der Waals surface area contributed by atoms with Gasteiger partial charge in [-0.15, -0.1) is 0 Å². The molecule has 2 saturated heterocycles. The van der Waals surface area contributed by atoms with Crippen LogP contribution in [0.5, 0.6) is 0 Å². The number of pyridine rings is 1. The molecule has 5 rings (SSSR count). The van der Waals surface area contributed by atoms with Crippen LogP contribution in [0.4, 0.5) is 4.39 Å². The van der Waals surface area contributed by atoms with Gasteiger partial charge in [0.1, 0.15) is 11.2 Å². The lowest BCUT2D eigenvalue weighted by Crippen LogP contribution is -2.63. The van der Waals surface area contributed by atoms with Crippen LogP contribution in [-0.2, 0) is 15.1 Å². The Morgan fingerprint density at radius 1 is 1.39 bits per heavy atom. The lowest BCUT2D eigenvalue weighted by molar-refractivity contribution is -0.134. The third-order valence-corrected chi connectivity index (χ3v) is 6.78. The summed E-state index contributed by atoms with van der Waals surface area (Å²) in [5.74, 6) is -0.377. The number of hydrogen-bond donors (Lipinski definition) is 3. The Morgan fingerprint density at radius 2 is 2.21 bits per heavy atom. The molecule has 1 amide bonds. The Bertz CT molecular complexity index is 1230. The standard InChI is InChI=1S/C23H24ClFN6O2/c1-12-9-13(6-8-33-12)31-17(32)11-23(2,30-22(31)26)14-10-15(25)19-20(18(14)24)29-21(28-19)16-5-3-4-7-27-16/h3-5,7,10,12-13H,6,8-9,11H2,1-2H3,(H2,26,30)(H,28,29)/t12-,13-,23-/m0/s1. The number of rotatable bonds is 3. The van der Waals surface area contributed by atoms with Crippen molar-refractivity contribution < 1.29 is 13.9 Å². The van der Waals surface area contributed by atoms with Crippen molar-refractivity contribution in [3.8, 4) is 11.5 Å². The first kappa shape index (κ1) is 21.8. The van der Waals surface area contributed by atoms with Gasteiger partial charge in [0.15, 0.2) is 17.6 Å². The van der Waals surface area contributed by atoms with Gasteiger partial charge in [0, 0.05) is 24.4 Å². The van der Waals surface area contributed by atoms with Crippen molar-refractivity contribution in [1.29, 1.82) is 5.41 Å². The second-order valence-corrected chi connectivity index (χ2v) is 9.23. The molecule has 10 heteroatoms. The molecule has 8 nitrogen and oxygen atoms in total. The molecule has 2 fully saturated rings. The average molecular weight is 471 g/mol. The Balaban J connectivity index is 1.50. The summed E-state index contributed by atoms with van der Waals surface area (Å²) in [4.78, 5) is 26.3. The van der Waals surface area contributed by atoms with Crippen LogP contribution >= 0.6 is 11.6 Å². The number of aromatic nitrogens is 3. The average Bonchev–Trinajstić information content (AvgIpc) is 3.23. The van der Waals surface area contributed by atoms with Gasteiger partial charge in [-0.2, -0.15) is 0 Å². The zero-order valence-corrected chi connectivity index (χ0v) is 19.0. The van der Waals surface area contributed by atoms with E-state index in [1.165, 1.54) is 11.0 Å². The highest BCUT2D eigenvalue weighted by Gasteiger charge is 2.44. The summed E-state index contributed by atoms with van der Waals surface area (Å²) in [7, 11) is 0. The quantitative estimate of drug-likeness (QED) is 0.537. The molecule has 172 valence electrons. The largest absolute Gasteiger partial charge is 0.378 e. The van der Waals surface area contributed by atoms with Gasteiger partial charge in [-0.3, -0.25) is 20.1 Å². The minimum atomic E-state index is -1.05. The van der Waals surface area contributed by atoms with Gasteiger partial charge in [0.25, 0.3) is 0 Å². The van der Waals surface area contributed by atoms with Gasteiger partial charge in [0.05, 0.1) is 28.6 Å². The smallest absolute Gasteiger partial charge is 0.232 e. The fourth-order valence-electron chi connectivity index (χ4n) is 4.76. The summed E-state index contributed by atoms with van der Waals surface area (Å²) in [5.41, 5.74) is 0.330. The number of nitrogens with zero attached hydrogens (tertiary/aromatic N) is 3. The number of nitrogens with one attached hydrogen (secondary N) is 3. The number of ether oxygens (including phenoxy) is 1. The first-order valence-electron chi connectivity index (χ1n) is 10.9. The summed E-state index contributed by atoms with van der Waals surface area (Å²) in [6.45, 7) is 4.27. The number of amides is 1. The van der Waals surface area contributed by atoms with Crippen molar-refractivity contribution in [3.05, 3.63) is 46.9 Å². The molecule has 4 heterocycles.